The Kier molecular flexibility index (Phi) is 1.62. The summed E-state index contributed by atoms with van der Waals surface area (Å²) in [5.41, 5.74) is 3.54. The molecule has 0 aromatic rings. The van der Waals surface area contributed by atoms with E-state index in [4.69, 9.17) is 0 Å². The summed E-state index contributed by atoms with van der Waals surface area (Å²) in [5, 5.41) is 0. The summed E-state index contributed by atoms with van der Waals surface area (Å²) in [4.78, 5) is 0. The van der Waals surface area contributed by atoms with E-state index in [1.165, 1.54) is 38.5 Å². The van der Waals surface area contributed by atoms with Gasteiger partial charge in [0.05, 0.1) is 0 Å². The molecule has 54 valence electrons. The Morgan fingerprint density at radius 2 is 1.80 bits per heavy atom. The zero-order valence-corrected chi connectivity index (χ0v) is 6.40. The molecule has 0 nitrogen and oxygen atoms in total. The number of allylic oxidation sites excluding steroid dienone is 4. The maximum atomic E-state index is 2.34. The van der Waals surface area contributed by atoms with E-state index in [-0.39, 0.29) is 0 Å². The lowest BCUT2D eigenvalue weighted by atomic mass is 10.1. The van der Waals surface area contributed by atoms with Crippen LogP contribution in [0.4, 0.5) is 0 Å². The summed E-state index contributed by atoms with van der Waals surface area (Å²) in [7, 11) is 0. The van der Waals surface area contributed by atoms with Crippen molar-refractivity contribution in [2.45, 2.75) is 38.5 Å². The van der Waals surface area contributed by atoms with Gasteiger partial charge in [-0.3, -0.25) is 0 Å². The van der Waals surface area contributed by atoms with Crippen molar-refractivity contribution in [3.05, 3.63) is 23.3 Å². The molecule has 0 aromatic heterocycles. The van der Waals surface area contributed by atoms with Gasteiger partial charge in [-0.15, -0.1) is 0 Å². The van der Waals surface area contributed by atoms with E-state index in [0.717, 1.165) is 0 Å². The highest BCUT2D eigenvalue weighted by Gasteiger charge is 2.13. The average Bonchev–Trinajstić information content (AvgIpc) is 2.28. The van der Waals surface area contributed by atoms with Gasteiger partial charge < -0.3 is 0 Å². The molecule has 0 aromatic carbocycles. The molecule has 0 bridgehead atoms. The van der Waals surface area contributed by atoms with Crippen LogP contribution in [0.15, 0.2) is 23.3 Å². The molecule has 0 heteroatoms. The van der Waals surface area contributed by atoms with Crippen LogP contribution >= 0.6 is 0 Å². The first-order valence-electron chi connectivity index (χ1n) is 4.31. The van der Waals surface area contributed by atoms with Gasteiger partial charge in [-0.25, -0.2) is 0 Å². The Balaban J connectivity index is 2.18. The minimum absolute atomic E-state index is 1.26. The van der Waals surface area contributed by atoms with Crippen LogP contribution in [0.1, 0.15) is 38.5 Å². The molecule has 0 unspecified atom stereocenters. The van der Waals surface area contributed by atoms with Crippen LogP contribution in [-0.4, -0.2) is 0 Å². The normalized spacial score (nSPS) is 24.8. The third-order valence-corrected chi connectivity index (χ3v) is 2.60. The third kappa shape index (κ3) is 1.03. The third-order valence-electron chi connectivity index (χ3n) is 2.60. The van der Waals surface area contributed by atoms with Crippen LogP contribution < -0.4 is 0 Å². The topological polar surface area (TPSA) is 0 Å². The molecule has 0 spiro atoms. The highest BCUT2D eigenvalue weighted by atomic mass is 14.2. The smallest absolute Gasteiger partial charge is 0.0136 e. The Morgan fingerprint density at radius 1 is 0.900 bits per heavy atom. The van der Waals surface area contributed by atoms with Crippen molar-refractivity contribution in [2.75, 3.05) is 0 Å². The lowest BCUT2D eigenvalue weighted by Crippen LogP contribution is -1.79. The van der Waals surface area contributed by atoms with Gasteiger partial charge in [-0.05, 0) is 38.5 Å². The second kappa shape index (κ2) is 2.61. The lowest BCUT2D eigenvalue weighted by Gasteiger charge is -1.99. The molecule has 0 atom stereocenters. The van der Waals surface area contributed by atoms with Gasteiger partial charge >= 0.3 is 0 Å². The van der Waals surface area contributed by atoms with Crippen molar-refractivity contribution in [3.8, 4) is 0 Å². The zero-order chi connectivity index (χ0) is 6.81. The van der Waals surface area contributed by atoms with Gasteiger partial charge in [-0.2, -0.15) is 0 Å². The van der Waals surface area contributed by atoms with Crippen molar-refractivity contribution < 1.29 is 0 Å². The second-order valence-corrected chi connectivity index (χ2v) is 3.27. The first kappa shape index (κ1) is 6.21. The minimum Gasteiger partial charge on any atom is -0.0879 e. The molecule has 0 saturated carbocycles. The SMILES string of the molecule is C1=CCC2=C(CC1)CCC2. The standard InChI is InChI=1S/C10H14/c1-2-5-9-7-4-8-10(9)6-3-1/h1-2H,3-8H2. The van der Waals surface area contributed by atoms with Gasteiger partial charge in [-0.1, -0.05) is 23.3 Å². The van der Waals surface area contributed by atoms with E-state index in [0.29, 0.717) is 0 Å². The van der Waals surface area contributed by atoms with Crippen molar-refractivity contribution in [1.29, 1.82) is 0 Å². The van der Waals surface area contributed by atoms with E-state index in [2.05, 4.69) is 12.2 Å². The largest absolute Gasteiger partial charge is 0.0879 e. The average molecular weight is 134 g/mol. The first-order valence-corrected chi connectivity index (χ1v) is 4.31. The quantitative estimate of drug-likeness (QED) is 0.446. The summed E-state index contributed by atoms with van der Waals surface area (Å²) < 4.78 is 0. The summed E-state index contributed by atoms with van der Waals surface area (Å²) in [6.07, 6.45) is 12.8. The van der Waals surface area contributed by atoms with Crippen LogP contribution in [-0.2, 0) is 0 Å². The van der Waals surface area contributed by atoms with Crippen LogP contribution in [0, 0.1) is 0 Å². The predicted octanol–water partition coefficient (Wildman–Crippen LogP) is 3.21. The Hall–Kier alpha value is -0.520. The molecule has 2 aliphatic carbocycles. The lowest BCUT2D eigenvalue weighted by molar-refractivity contribution is 0.847. The van der Waals surface area contributed by atoms with E-state index in [1.54, 1.807) is 11.1 Å². The van der Waals surface area contributed by atoms with Crippen molar-refractivity contribution in [3.63, 3.8) is 0 Å². The predicted molar refractivity (Wildman–Crippen MR) is 43.9 cm³/mol. The summed E-state index contributed by atoms with van der Waals surface area (Å²) in [6.45, 7) is 0. The molecular formula is C10H14. The molecule has 0 radical (unpaired) electrons. The molecule has 0 N–H and O–H groups in total. The van der Waals surface area contributed by atoms with Gasteiger partial charge in [0.1, 0.15) is 0 Å². The van der Waals surface area contributed by atoms with Crippen molar-refractivity contribution in [1.82, 2.24) is 0 Å². The number of hydrogen-bond donors (Lipinski definition) is 0. The van der Waals surface area contributed by atoms with Crippen LogP contribution in [0.5, 0.6) is 0 Å². The van der Waals surface area contributed by atoms with Gasteiger partial charge in [0.25, 0.3) is 0 Å². The Morgan fingerprint density at radius 3 is 2.80 bits per heavy atom. The van der Waals surface area contributed by atoms with E-state index in [1.807, 2.05) is 0 Å². The molecule has 2 aliphatic rings. The van der Waals surface area contributed by atoms with Gasteiger partial charge in [0.15, 0.2) is 0 Å². The van der Waals surface area contributed by atoms with Crippen molar-refractivity contribution in [2.24, 2.45) is 0 Å². The van der Waals surface area contributed by atoms with E-state index < -0.39 is 0 Å². The monoisotopic (exact) mass is 134 g/mol. The van der Waals surface area contributed by atoms with Crippen molar-refractivity contribution >= 4 is 0 Å². The summed E-state index contributed by atoms with van der Waals surface area (Å²) in [6, 6.07) is 0. The Bertz CT molecular complexity index is 184. The summed E-state index contributed by atoms with van der Waals surface area (Å²) in [5.74, 6) is 0. The maximum Gasteiger partial charge on any atom is -0.0136 e. The van der Waals surface area contributed by atoms with E-state index in [9.17, 15) is 0 Å². The molecule has 0 aliphatic heterocycles. The van der Waals surface area contributed by atoms with E-state index >= 15 is 0 Å². The molecule has 0 fully saturated rings. The van der Waals surface area contributed by atoms with Gasteiger partial charge in [0.2, 0.25) is 0 Å². The number of rotatable bonds is 0. The molecule has 0 amide bonds. The molecule has 0 saturated heterocycles. The fraction of sp³-hybridized carbons (Fsp3) is 0.600. The zero-order valence-electron chi connectivity index (χ0n) is 6.40. The van der Waals surface area contributed by atoms with Crippen LogP contribution in [0.2, 0.25) is 0 Å². The second-order valence-electron chi connectivity index (χ2n) is 3.27. The molecule has 0 heterocycles. The molecule has 2 rings (SSSR count). The molecular weight excluding hydrogens is 120 g/mol. The summed E-state index contributed by atoms with van der Waals surface area (Å²) >= 11 is 0. The maximum absolute atomic E-state index is 2.34. The first-order chi connectivity index (χ1) is 4.97. The van der Waals surface area contributed by atoms with Crippen LogP contribution in [0.25, 0.3) is 0 Å². The van der Waals surface area contributed by atoms with Crippen LogP contribution in [0.3, 0.4) is 0 Å². The molecule has 10 heavy (non-hydrogen) atoms. The fourth-order valence-electron chi connectivity index (χ4n) is 2.02. The fourth-order valence-corrected chi connectivity index (χ4v) is 2.02. The highest BCUT2D eigenvalue weighted by molar-refractivity contribution is 5.24. The van der Waals surface area contributed by atoms with Gasteiger partial charge in [0, 0.05) is 0 Å². The Labute approximate surface area is 62.6 Å². The number of hydrogen-bond acceptors (Lipinski definition) is 0. The highest BCUT2D eigenvalue weighted by Crippen LogP contribution is 2.33. The minimum atomic E-state index is 1.26.